The molecule has 1 aromatic rings. The van der Waals surface area contributed by atoms with Crippen molar-refractivity contribution < 1.29 is 14.6 Å². The lowest BCUT2D eigenvalue weighted by atomic mass is 9.95. The lowest BCUT2D eigenvalue weighted by Gasteiger charge is -2.30. The third-order valence-corrected chi connectivity index (χ3v) is 3.48. The maximum Gasteiger partial charge on any atom is 0.338 e. The first kappa shape index (κ1) is 16.3. The fourth-order valence-electron chi connectivity index (χ4n) is 2.20. The molecule has 1 aliphatic rings. The summed E-state index contributed by atoms with van der Waals surface area (Å²) >= 11 is 5.17. The summed E-state index contributed by atoms with van der Waals surface area (Å²) in [6.45, 7) is 6.13. The molecule has 5 nitrogen and oxygen atoms in total. The molecular formula is C16H20N2O3S. The van der Waals surface area contributed by atoms with Gasteiger partial charge in [-0.3, -0.25) is 0 Å². The highest BCUT2D eigenvalue weighted by molar-refractivity contribution is 7.80. The van der Waals surface area contributed by atoms with Crippen molar-refractivity contribution in [3.05, 3.63) is 41.1 Å². The van der Waals surface area contributed by atoms with Gasteiger partial charge in [-0.1, -0.05) is 26.0 Å². The highest BCUT2D eigenvalue weighted by Gasteiger charge is 2.30. The first-order valence-corrected chi connectivity index (χ1v) is 7.53. The molecule has 6 heteroatoms. The van der Waals surface area contributed by atoms with Crippen molar-refractivity contribution in [1.29, 1.82) is 0 Å². The maximum atomic E-state index is 12.4. The Balaban J connectivity index is 2.32. The molecule has 0 unspecified atom stereocenters. The summed E-state index contributed by atoms with van der Waals surface area (Å²) in [6.07, 6.45) is 0. The summed E-state index contributed by atoms with van der Waals surface area (Å²) in [6, 6.07) is 6.27. The Morgan fingerprint density at radius 1 is 1.36 bits per heavy atom. The normalized spacial score (nSPS) is 18.0. The molecule has 3 N–H and O–H groups in total. The lowest BCUT2D eigenvalue weighted by Crippen LogP contribution is -2.45. The summed E-state index contributed by atoms with van der Waals surface area (Å²) in [4.78, 5) is 12.4. The van der Waals surface area contributed by atoms with Gasteiger partial charge in [0.15, 0.2) is 5.11 Å². The van der Waals surface area contributed by atoms with Crippen LogP contribution >= 0.6 is 12.2 Å². The number of esters is 1. The van der Waals surface area contributed by atoms with Gasteiger partial charge in [-0.05, 0) is 42.8 Å². The number of aromatic hydroxyl groups is 1. The number of allylic oxidation sites excluding steroid dienone is 1. The van der Waals surface area contributed by atoms with Gasteiger partial charge in [0.1, 0.15) is 5.75 Å². The first-order valence-electron chi connectivity index (χ1n) is 7.12. The van der Waals surface area contributed by atoms with Gasteiger partial charge in [0.05, 0.1) is 18.2 Å². The van der Waals surface area contributed by atoms with Crippen LogP contribution in [0.3, 0.4) is 0 Å². The van der Waals surface area contributed by atoms with E-state index in [0.29, 0.717) is 23.0 Å². The van der Waals surface area contributed by atoms with Crippen LogP contribution in [0.5, 0.6) is 5.75 Å². The van der Waals surface area contributed by atoms with Gasteiger partial charge >= 0.3 is 5.97 Å². The summed E-state index contributed by atoms with van der Waals surface area (Å²) in [5.74, 6) is 0.0687. The van der Waals surface area contributed by atoms with Crippen molar-refractivity contribution in [2.75, 3.05) is 6.61 Å². The fourth-order valence-corrected chi connectivity index (χ4v) is 2.47. The molecule has 1 atom stereocenters. The number of rotatable bonds is 4. The molecule has 0 radical (unpaired) electrons. The Hall–Kier alpha value is -2.08. The molecule has 0 aromatic heterocycles. The van der Waals surface area contributed by atoms with E-state index in [1.165, 1.54) is 0 Å². The fraction of sp³-hybridized carbons (Fsp3) is 0.375. The molecule has 0 bridgehead atoms. The Morgan fingerprint density at radius 2 is 2.00 bits per heavy atom. The molecule has 0 saturated heterocycles. The van der Waals surface area contributed by atoms with E-state index in [0.717, 1.165) is 5.56 Å². The van der Waals surface area contributed by atoms with E-state index in [1.807, 2.05) is 13.8 Å². The van der Waals surface area contributed by atoms with Crippen molar-refractivity contribution in [3.63, 3.8) is 0 Å². The van der Waals surface area contributed by atoms with E-state index < -0.39 is 6.04 Å². The van der Waals surface area contributed by atoms with Gasteiger partial charge in [-0.25, -0.2) is 4.79 Å². The number of thiocarbonyl (C=S) groups is 1. The molecule has 2 rings (SSSR count). The average Bonchev–Trinajstić information content (AvgIpc) is 2.44. The third-order valence-electron chi connectivity index (χ3n) is 3.26. The topological polar surface area (TPSA) is 70.6 Å². The Bertz CT molecular complexity index is 608. The minimum Gasteiger partial charge on any atom is -0.508 e. The predicted molar refractivity (Wildman–Crippen MR) is 88.2 cm³/mol. The second kappa shape index (κ2) is 6.79. The zero-order valence-corrected chi connectivity index (χ0v) is 13.7. The van der Waals surface area contributed by atoms with Crippen molar-refractivity contribution >= 4 is 23.3 Å². The quantitative estimate of drug-likeness (QED) is 0.584. The van der Waals surface area contributed by atoms with Gasteiger partial charge in [0, 0.05) is 5.70 Å². The van der Waals surface area contributed by atoms with Crippen LogP contribution in [0.2, 0.25) is 0 Å². The Morgan fingerprint density at radius 3 is 2.59 bits per heavy atom. The van der Waals surface area contributed by atoms with E-state index in [2.05, 4.69) is 10.6 Å². The monoisotopic (exact) mass is 320 g/mol. The third kappa shape index (κ3) is 3.76. The van der Waals surface area contributed by atoms with Crippen molar-refractivity contribution in [1.82, 2.24) is 10.6 Å². The minimum absolute atomic E-state index is 0.171. The molecule has 1 heterocycles. The highest BCUT2D eigenvalue weighted by Crippen LogP contribution is 2.28. The number of phenols is 1. The number of carbonyl (C=O) groups is 1. The molecule has 0 spiro atoms. The molecule has 1 aromatic carbocycles. The SMILES string of the molecule is CC1=C(C(=O)OCC(C)C)[C@@H](c2ccc(O)cc2)NC(=S)N1. The van der Waals surface area contributed by atoms with E-state index in [4.69, 9.17) is 17.0 Å². The van der Waals surface area contributed by atoms with E-state index in [1.54, 1.807) is 31.2 Å². The van der Waals surface area contributed by atoms with Crippen molar-refractivity contribution in [2.24, 2.45) is 5.92 Å². The summed E-state index contributed by atoms with van der Waals surface area (Å²) < 4.78 is 5.35. The van der Waals surface area contributed by atoms with Crippen LogP contribution in [0.4, 0.5) is 0 Å². The van der Waals surface area contributed by atoms with Crippen LogP contribution in [0, 0.1) is 5.92 Å². The highest BCUT2D eigenvalue weighted by atomic mass is 32.1. The number of benzene rings is 1. The van der Waals surface area contributed by atoms with Crippen molar-refractivity contribution in [2.45, 2.75) is 26.8 Å². The largest absolute Gasteiger partial charge is 0.508 e. The zero-order valence-electron chi connectivity index (χ0n) is 12.8. The van der Waals surface area contributed by atoms with Crippen LogP contribution < -0.4 is 10.6 Å². The zero-order chi connectivity index (χ0) is 16.3. The Labute approximate surface area is 135 Å². The van der Waals surface area contributed by atoms with Crippen molar-refractivity contribution in [3.8, 4) is 5.75 Å². The van der Waals surface area contributed by atoms with Gasteiger partial charge in [0.25, 0.3) is 0 Å². The molecular weight excluding hydrogens is 300 g/mol. The molecule has 0 saturated carbocycles. The summed E-state index contributed by atoms with van der Waals surface area (Å²) in [5.41, 5.74) is 2.01. The van der Waals surface area contributed by atoms with Crippen LogP contribution in [0.25, 0.3) is 0 Å². The maximum absolute atomic E-state index is 12.4. The number of nitrogens with one attached hydrogen (secondary N) is 2. The smallest absolute Gasteiger partial charge is 0.338 e. The second-order valence-electron chi connectivity index (χ2n) is 5.65. The van der Waals surface area contributed by atoms with Crippen LogP contribution in [-0.2, 0) is 9.53 Å². The first-order chi connectivity index (χ1) is 10.4. The summed E-state index contributed by atoms with van der Waals surface area (Å²) in [5, 5.41) is 15.9. The van der Waals surface area contributed by atoms with E-state index in [9.17, 15) is 9.90 Å². The number of carbonyl (C=O) groups excluding carboxylic acids is 1. The number of hydrogen-bond acceptors (Lipinski definition) is 4. The molecule has 0 amide bonds. The van der Waals surface area contributed by atoms with Crippen LogP contribution in [-0.4, -0.2) is 22.8 Å². The second-order valence-corrected chi connectivity index (χ2v) is 6.06. The summed E-state index contributed by atoms with van der Waals surface area (Å²) in [7, 11) is 0. The number of ether oxygens (including phenoxy) is 1. The molecule has 1 aliphatic heterocycles. The lowest BCUT2D eigenvalue weighted by molar-refractivity contribution is -0.140. The molecule has 0 fully saturated rings. The van der Waals surface area contributed by atoms with Gasteiger partial charge in [-0.15, -0.1) is 0 Å². The molecule has 118 valence electrons. The van der Waals surface area contributed by atoms with Gasteiger partial charge in [0.2, 0.25) is 0 Å². The van der Waals surface area contributed by atoms with E-state index in [-0.39, 0.29) is 17.6 Å². The number of phenolic OH excluding ortho intramolecular Hbond substituents is 1. The van der Waals surface area contributed by atoms with Gasteiger partial charge < -0.3 is 20.5 Å². The van der Waals surface area contributed by atoms with E-state index >= 15 is 0 Å². The van der Waals surface area contributed by atoms with Gasteiger partial charge in [-0.2, -0.15) is 0 Å². The molecule has 0 aliphatic carbocycles. The minimum atomic E-state index is -0.394. The molecule has 22 heavy (non-hydrogen) atoms. The van der Waals surface area contributed by atoms with Crippen LogP contribution in [0.15, 0.2) is 35.5 Å². The predicted octanol–water partition coefficient (Wildman–Crippen LogP) is 2.38. The number of hydrogen-bond donors (Lipinski definition) is 3. The standard InChI is InChI=1S/C16H20N2O3S/c1-9(2)8-21-15(20)13-10(3)17-16(22)18-14(13)11-4-6-12(19)7-5-11/h4-7,9,14,19H,8H2,1-3H3,(H2,17,18,22)/t14-/m1/s1. The average molecular weight is 320 g/mol. The van der Waals surface area contributed by atoms with Crippen LogP contribution in [0.1, 0.15) is 32.4 Å². The Kier molecular flexibility index (Phi) is 5.03.